The van der Waals surface area contributed by atoms with Crippen LogP contribution in [-0.2, 0) is 0 Å². The minimum Gasteiger partial charge on any atom is -0.331 e. The molecule has 0 amide bonds. The molecule has 0 aliphatic carbocycles. The molecule has 2 aromatic carbocycles. The molecule has 3 nitrogen and oxygen atoms in total. The predicted molar refractivity (Wildman–Crippen MR) is 109 cm³/mol. The summed E-state index contributed by atoms with van der Waals surface area (Å²) >= 11 is 7.31. The molecule has 0 spiro atoms. The van der Waals surface area contributed by atoms with Crippen molar-refractivity contribution in [1.82, 2.24) is 5.01 Å². The lowest BCUT2D eigenvalue weighted by Crippen LogP contribution is -2.30. The third kappa shape index (κ3) is 3.52. The lowest BCUT2D eigenvalue weighted by molar-refractivity contribution is 0.380. The minimum absolute atomic E-state index is 0.0405. The molecule has 0 saturated carbocycles. The summed E-state index contributed by atoms with van der Waals surface area (Å²) in [5.41, 5.74) is 2.74. The molecule has 3 aromatic rings. The van der Waals surface area contributed by atoms with Gasteiger partial charge in [0.1, 0.15) is 5.82 Å². The van der Waals surface area contributed by atoms with E-state index in [-0.39, 0.29) is 11.9 Å². The van der Waals surface area contributed by atoms with Gasteiger partial charge in [0.15, 0.2) is 5.11 Å². The number of hydrazone groups is 1. The Balaban J connectivity index is 1.63. The van der Waals surface area contributed by atoms with Gasteiger partial charge in [-0.05, 0) is 53.5 Å². The van der Waals surface area contributed by atoms with Gasteiger partial charge < -0.3 is 5.32 Å². The number of halogens is 1. The van der Waals surface area contributed by atoms with E-state index < -0.39 is 0 Å². The van der Waals surface area contributed by atoms with Crippen LogP contribution in [0.3, 0.4) is 0 Å². The van der Waals surface area contributed by atoms with Crippen molar-refractivity contribution in [2.24, 2.45) is 5.10 Å². The van der Waals surface area contributed by atoms with Crippen molar-refractivity contribution in [3.63, 3.8) is 0 Å². The van der Waals surface area contributed by atoms with Crippen molar-refractivity contribution in [1.29, 1.82) is 0 Å². The fraction of sp³-hybridized carbons (Fsp3) is 0.100. The first-order chi connectivity index (χ1) is 12.7. The highest BCUT2D eigenvalue weighted by atomic mass is 32.1. The second kappa shape index (κ2) is 7.35. The molecule has 0 radical (unpaired) electrons. The quantitative estimate of drug-likeness (QED) is 0.613. The number of hydrogen-bond donors (Lipinski definition) is 1. The van der Waals surface area contributed by atoms with Crippen LogP contribution in [0.25, 0.3) is 0 Å². The Labute approximate surface area is 160 Å². The number of rotatable bonds is 3. The molecule has 0 fully saturated rings. The molecule has 0 unspecified atom stereocenters. The largest absolute Gasteiger partial charge is 0.331 e. The van der Waals surface area contributed by atoms with Gasteiger partial charge in [-0.3, -0.25) is 0 Å². The number of benzene rings is 2. The van der Waals surface area contributed by atoms with E-state index in [1.807, 2.05) is 41.4 Å². The Morgan fingerprint density at radius 1 is 1.08 bits per heavy atom. The monoisotopic (exact) mass is 381 g/mol. The molecular weight excluding hydrogens is 365 g/mol. The predicted octanol–water partition coefficient (Wildman–Crippen LogP) is 5.44. The van der Waals surface area contributed by atoms with Gasteiger partial charge in [-0.2, -0.15) is 5.10 Å². The van der Waals surface area contributed by atoms with Gasteiger partial charge in [0, 0.05) is 17.0 Å². The molecule has 0 bridgehead atoms. The summed E-state index contributed by atoms with van der Waals surface area (Å²) in [4.78, 5) is 1.20. The Morgan fingerprint density at radius 2 is 1.85 bits per heavy atom. The summed E-state index contributed by atoms with van der Waals surface area (Å²) in [6, 6.07) is 20.4. The Kier molecular flexibility index (Phi) is 4.77. The molecule has 1 aliphatic heterocycles. The summed E-state index contributed by atoms with van der Waals surface area (Å²) < 4.78 is 13.2. The molecule has 4 rings (SSSR count). The van der Waals surface area contributed by atoms with Crippen molar-refractivity contribution in [3.05, 3.63) is 88.4 Å². The SMILES string of the molecule is Fc1ccc(C2=NN(C(=S)Nc3ccccc3)[C@H](c3cccs3)C2)cc1. The van der Waals surface area contributed by atoms with Gasteiger partial charge >= 0.3 is 0 Å². The summed E-state index contributed by atoms with van der Waals surface area (Å²) in [5.74, 6) is -0.250. The van der Waals surface area contributed by atoms with Crippen LogP contribution in [0.15, 0.2) is 77.2 Å². The standard InChI is InChI=1S/C20H16FN3S2/c21-15-10-8-14(9-11-15)17-13-18(19-7-4-12-26-19)24(23-17)20(25)22-16-5-2-1-3-6-16/h1-12,18H,13H2,(H,22,25)/t18-/m0/s1. The maximum atomic E-state index is 13.2. The third-order valence-corrected chi connectivity index (χ3v) is 5.46. The highest BCUT2D eigenvalue weighted by Gasteiger charge is 2.32. The van der Waals surface area contributed by atoms with Crippen LogP contribution in [0, 0.1) is 5.82 Å². The first-order valence-corrected chi connectivity index (χ1v) is 9.51. The van der Waals surface area contributed by atoms with Crippen LogP contribution in [0.4, 0.5) is 10.1 Å². The van der Waals surface area contributed by atoms with Crippen LogP contribution in [0.1, 0.15) is 22.9 Å². The van der Waals surface area contributed by atoms with Crippen molar-refractivity contribution in [3.8, 4) is 0 Å². The summed E-state index contributed by atoms with van der Waals surface area (Å²) in [5, 5.41) is 12.5. The summed E-state index contributed by atoms with van der Waals surface area (Å²) in [6.07, 6.45) is 0.725. The first-order valence-electron chi connectivity index (χ1n) is 8.23. The van der Waals surface area contributed by atoms with Crippen LogP contribution in [0.5, 0.6) is 0 Å². The van der Waals surface area contributed by atoms with Gasteiger partial charge in [0.05, 0.1) is 11.8 Å². The van der Waals surface area contributed by atoms with Gasteiger partial charge in [0.2, 0.25) is 0 Å². The van der Waals surface area contributed by atoms with Gasteiger partial charge in [-0.1, -0.05) is 36.4 Å². The molecule has 6 heteroatoms. The van der Waals surface area contributed by atoms with Gasteiger partial charge in [0.25, 0.3) is 0 Å². The van der Waals surface area contributed by atoms with Crippen LogP contribution in [0.2, 0.25) is 0 Å². The maximum Gasteiger partial charge on any atom is 0.194 e. The van der Waals surface area contributed by atoms with E-state index in [0.29, 0.717) is 5.11 Å². The second-order valence-corrected chi connectivity index (χ2v) is 7.30. The molecule has 1 aromatic heterocycles. The number of thiocarbonyl (C=S) groups is 1. The van der Waals surface area contributed by atoms with Crippen molar-refractivity contribution in [2.75, 3.05) is 5.32 Å². The average molecular weight is 382 g/mol. The van der Waals surface area contributed by atoms with Crippen molar-refractivity contribution < 1.29 is 4.39 Å². The second-order valence-electron chi connectivity index (χ2n) is 5.93. The van der Waals surface area contributed by atoms with Crippen LogP contribution < -0.4 is 5.32 Å². The number of nitrogens with zero attached hydrogens (tertiary/aromatic N) is 2. The van der Waals surface area contributed by atoms with Gasteiger partial charge in [-0.15, -0.1) is 11.3 Å². The number of thiophene rings is 1. The highest BCUT2D eigenvalue weighted by molar-refractivity contribution is 7.80. The van der Waals surface area contributed by atoms with Gasteiger partial charge in [-0.25, -0.2) is 9.40 Å². The van der Waals surface area contributed by atoms with E-state index in [2.05, 4.69) is 16.8 Å². The zero-order valence-corrected chi connectivity index (χ0v) is 15.4. The number of anilines is 1. The molecule has 130 valence electrons. The molecular formula is C20H16FN3S2. The molecule has 1 aliphatic rings. The zero-order chi connectivity index (χ0) is 17.9. The molecule has 1 N–H and O–H groups in total. The lowest BCUT2D eigenvalue weighted by atomic mass is 10.0. The molecule has 1 atom stereocenters. The Morgan fingerprint density at radius 3 is 2.54 bits per heavy atom. The molecule has 2 heterocycles. The first kappa shape index (κ1) is 16.9. The van der Waals surface area contributed by atoms with E-state index in [1.165, 1.54) is 17.0 Å². The lowest BCUT2D eigenvalue weighted by Gasteiger charge is -2.23. The van der Waals surface area contributed by atoms with E-state index in [9.17, 15) is 4.39 Å². The van der Waals surface area contributed by atoms with Crippen molar-refractivity contribution in [2.45, 2.75) is 12.5 Å². The number of hydrogen-bond acceptors (Lipinski definition) is 3. The maximum absolute atomic E-state index is 13.2. The van der Waals surface area contributed by atoms with E-state index in [1.54, 1.807) is 23.5 Å². The van der Waals surface area contributed by atoms with Crippen molar-refractivity contribution >= 4 is 40.1 Å². The Bertz CT molecular complexity index is 921. The third-order valence-electron chi connectivity index (χ3n) is 4.19. The Hall–Kier alpha value is -2.57. The van der Waals surface area contributed by atoms with Crippen LogP contribution >= 0.6 is 23.6 Å². The van der Waals surface area contributed by atoms with E-state index >= 15 is 0 Å². The summed E-state index contributed by atoms with van der Waals surface area (Å²) in [7, 11) is 0. The smallest absolute Gasteiger partial charge is 0.194 e. The van der Waals surface area contributed by atoms with E-state index in [4.69, 9.17) is 17.3 Å². The normalized spacial score (nSPS) is 16.4. The number of para-hydroxylation sites is 1. The van der Waals surface area contributed by atoms with E-state index in [0.717, 1.165) is 23.4 Å². The average Bonchev–Trinajstić information content (AvgIpc) is 3.33. The van der Waals surface area contributed by atoms with Crippen LogP contribution in [-0.4, -0.2) is 15.8 Å². The minimum atomic E-state index is -0.250. The fourth-order valence-corrected chi connectivity index (χ4v) is 4.02. The zero-order valence-electron chi connectivity index (χ0n) is 13.8. The highest BCUT2D eigenvalue weighted by Crippen LogP contribution is 2.35. The summed E-state index contributed by atoms with van der Waals surface area (Å²) in [6.45, 7) is 0. The number of nitrogens with one attached hydrogen (secondary N) is 1. The fourth-order valence-electron chi connectivity index (χ4n) is 2.92. The molecule has 26 heavy (non-hydrogen) atoms. The topological polar surface area (TPSA) is 27.6 Å². The molecule has 0 saturated heterocycles.